The van der Waals surface area contributed by atoms with Gasteiger partial charge in [0.05, 0.1) is 0 Å². The summed E-state index contributed by atoms with van der Waals surface area (Å²) in [5, 5.41) is 7.47. The number of ether oxygens (including phenoxy) is 1. The van der Waals surface area contributed by atoms with Crippen molar-refractivity contribution in [2.45, 2.75) is 33.2 Å². The van der Waals surface area contributed by atoms with E-state index in [1.807, 2.05) is 6.07 Å². The molecule has 20 heavy (non-hydrogen) atoms. The van der Waals surface area contributed by atoms with Crippen LogP contribution >= 0.6 is 0 Å². The molecule has 0 radical (unpaired) electrons. The number of aryl methyl sites for hydroxylation is 2. The number of nitrogens with zero attached hydrogens (tertiary/aromatic N) is 4. The molecular formula is C14H21N5O. The second kappa shape index (κ2) is 7.00. The Kier molecular flexibility index (Phi) is 5.06. The summed E-state index contributed by atoms with van der Waals surface area (Å²) in [5.74, 6) is 0.545. The fourth-order valence-corrected chi connectivity index (χ4v) is 1.83. The number of aromatic nitrogens is 4. The summed E-state index contributed by atoms with van der Waals surface area (Å²) in [6.07, 6.45) is 3.59. The Bertz CT molecular complexity index is 552. The molecule has 0 unspecified atom stereocenters. The highest BCUT2D eigenvalue weighted by Crippen LogP contribution is 2.18. The van der Waals surface area contributed by atoms with E-state index in [1.54, 1.807) is 18.1 Å². The predicted octanol–water partition coefficient (Wildman–Crippen LogP) is 2.06. The average molecular weight is 275 g/mol. The van der Waals surface area contributed by atoms with Gasteiger partial charge in [-0.15, -0.1) is 5.10 Å². The Balaban J connectivity index is 2.12. The molecule has 6 nitrogen and oxygen atoms in total. The van der Waals surface area contributed by atoms with Gasteiger partial charge in [0.15, 0.2) is 0 Å². The van der Waals surface area contributed by atoms with Gasteiger partial charge in [-0.1, -0.05) is 13.8 Å². The third-order valence-electron chi connectivity index (χ3n) is 2.81. The first-order valence-corrected chi connectivity index (χ1v) is 6.95. The topological polar surface area (TPSA) is 64.9 Å². The average Bonchev–Trinajstić information content (AvgIpc) is 2.84. The highest BCUT2D eigenvalue weighted by molar-refractivity contribution is 5.26. The summed E-state index contributed by atoms with van der Waals surface area (Å²) in [4.78, 5) is 8.49. The van der Waals surface area contributed by atoms with Crippen molar-refractivity contribution >= 4 is 0 Å². The van der Waals surface area contributed by atoms with Crippen molar-refractivity contribution in [2.75, 3.05) is 6.54 Å². The van der Waals surface area contributed by atoms with E-state index < -0.39 is 0 Å². The van der Waals surface area contributed by atoms with E-state index in [9.17, 15) is 0 Å². The second-order valence-corrected chi connectivity index (χ2v) is 4.64. The van der Waals surface area contributed by atoms with Gasteiger partial charge in [0.1, 0.15) is 6.33 Å². The SMILES string of the molecule is CCCNCc1cc(CC)nc(Oc2ncn(C)n2)c1. The molecule has 2 aromatic rings. The molecule has 0 fully saturated rings. The first-order chi connectivity index (χ1) is 9.71. The lowest BCUT2D eigenvalue weighted by atomic mass is 10.2. The fraction of sp³-hybridized carbons (Fsp3) is 0.500. The predicted molar refractivity (Wildman–Crippen MR) is 76.7 cm³/mol. The van der Waals surface area contributed by atoms with Crippen molar-refractivity contribution in [3.05, 3.63) is 29.7 Å². The van der Waals surface area contributed by atoms with Crippen molar-refractivity contribution < 1.29 is 4.74 Å². The standard InChI is InChI=1S/C14H21N5O/c1-4-6-15-9-11-7-12(5-2)17-13(8-11)20-14-16-10-19(3)18-14/h7-8,10,15H,4-6,9H2,1-3H3. The van der Waals surface area contributed by atoms with Gasteiger partial charge in [-0.3, -0.25) is 4.68 Å². The quantitative estimate of drug-likeness (QED) is 0.784. The lowest BCUT2D eigenvalue weighted by molar-refractivity contribution is 0.420. The molecule has 0 aromatic carbocycles. The van der Waals surface area contributed by atoms with Crippen molar-refractivity contribution in [3.8, 4) is 11.9 Å². The van der Waals surface area contributed by atoms with E-state index in [0.717, 1.165) is 37.2 Å². The van der Waals surface area contributed by atoms with Crippen LogP contribution in [0.3, 0.4) is 0 Å². The van der Waals surface area contributed by atoms with Crippen LogP contribution in [0, 0.1) is 0 Å². The second-order valence-electron chi connectivity index (χ2n) is 4.64. The highest BCUT2D eigenvalue weighted by atomic mass is 16.5. The van der Waals surface area contributed by atoms with Gasteiger partial charge in [0.25, 0.3) is 0 Å². The molecule has 2 aromatic heterocycles. The molecule has 2 heterocycles. The Hall–Kier alpha value is -1.95. The van der Waals surface area contributed by atoms with E-state index >= 15 is 0 Å². The van der Waals surface area contributed by atoms with Crippen molar-refractivity contribution in [2.24, 2.45) is 7.05 Å². The summed E-state index contributed by atoms with van der Waals surface area (Å²) >= 11 is 0. The molecule has 1 N–H and O–H groups in total. The summed E-state index contributed by atoms with van der Waals surface area (Å²) in [7, 11) is 1.80. The van der Waals surface area contributed by atoms with Crippen LogP contribution in [-0.4, -0.2) is 26.3 Å². The molecule has 0 saturated heterocycles. The molecule has 0 atom stereocenters. The molecular weight excluding hydrogens is 254 g/mol. The number of nitrogens with one attached hydrogen (secondary N) is 1. The molecule has 6 heteroatoms. The normalized spacial score (nSPS) is 10.8. The summed E-state index contributed by atoms with van der Waals surface area (Å²) in [6, 6.07) is 4.35. The number of pyridine rings is 1. The van der Waals surface area contributed by atoms with Crippen molar-refractivity contribution in [3.63, 3.8) is 0 Å². The van der Waals surface area contributed by atoms with E-state index in [0.29, 0.717) is 11.9 Å². The molecule has 0 aliphatic rings. The fourth-order valence-electron chi connectivity index (χ4n) is 1.83. The molecule has 108 valence electrons. The minimum Gasteiger partial charge on any atom is -0.404 e. The van der Waals surface area contributed by atoms with Gasteiger partial charge in [0, 0.05) is 25.4 Å². The molecule has 0 aliphatic carbocycles. The summed E-state index contributed by atoms with van der Waals surface area (Å²) in [6.45, 7) is 6.05. The van der Waals surface area contributed by atoms with E-state index in [2.05, 4.69) is 40.3 Å². The van der Waals surface area contributed by atoms with Gasteiger partial charge in [-0.05, 0) is 31.0 Å². The first kappa shape index (κ1) is 14.5. The molecule has 0 bridgehead atoms. The van der Waals surface area contributed by atoms with Crippen LogP contribution in [0.25, 0.3) is 0 Å². The summed E-state index contributed by atoms with van der Waals surface area (Å²) < 4.78 is 7.21. The van der Waals surface area contributed by atoms with Crippen molar-refractivity contribution in [1.29, 1.82) is 0 Å². The van der Waals surface area contributed by atoms with E-state index in [-0.39, 0.29) is 0 Å². The van der Waals surface area contributed by atoms with E-state index in [1.165, 1.54) is 0 Å². The largest absolute Gasteiger partial charge is 0.404 e. The molecule has 2 rings (SSSR count). The minimum absolute atomic E-state index is 0.320. The maximum Gasteiger partial charge on any atom is 0.342 e. The molecule has 0 aliphatic heterocycles. The van der Waals surface area contributed by atoms with Gasteiger partial charge >= 0.3 is 6.01 Å². The van der Waals surface area contributed by atoms with Crippen LogP contribution < -0.4 is 10.1 Å². The maximum absolute atomic E-state index is 5.61. The Morgan fingerprint density at radius 3 is 2.80 bits per heavy atom. The number of rotatable bonds is 7. The number of hydrogen-bond donors (Lipinski definition) is 1. The summed E-state index contributed by atoms with van der Waals surface area (Å²) in [5.41, 5.74) is 2.17. The maximum atomic E-state index is 5.61. The van der Waals surface area contributed by atoms with Crippen LogP contribution in [0.2, 0.25) is 0 Å². The van der Waals surface area contributed by atoms with Crippen molar-refractivity contribution in [1.82, 2.24) is 25.1 Å². The molecule has 0 amide bonds. The smallest absolute Gasteiger partial charge is 0.342 e. The third-order valence-corrected chi connectivity index (χ3v) is 2.81. The highest BCUT2D eigenvalue weighted by Gasteiger charge is 2.07. The zero-order valence-electron chi connectivity index (χ0n) is 12.3. The Labute approximate surface area is 119 Å². The molecule has 0 spiro atoms. The van der Waals surface area contributed by atoms with Crippen LogP contribution in [0.4, 0.5) is 0 Å². The zero-order chi connectivity index (χ0) is 14.4. The lowest BCUT2D eigenvalue weighted by Crippen LogP contribution is -2.14. The van der Waals surface area contributed by atoms with Crippen LogP contribution in [0.1, 0.15) is 31.5 Å². The Morgan fingerprint density at radius 1 is 1.30 bits per heavy atom. The van der Waals surface area contributed by atoms with Gasteiger partial charge in [0.2, 0.25) is 5.88 Å². The third kappa shape index (κ3) is 4.03. The minimum atomic E-state index is 0.320. The van der Waals surface area contributed by atoms with Gasteiger partial charge in [-0.2, -0.15) is 4.98 Å². The zero-order valence-corrected chi connectivity index (χ0v) is 12.3. The molecule has 0 saturated carbocycles. The first-order valence-electron chi connectivity index (χ1n) is 6.95. The van der Waals surface area contributed by atoms with E-state index in [4.69, 9.17) is 4.74 Å². The number of hydrogen-bond acceptors (Lipinski definition) is 5. The lowest BCUT2D eigenvalue weighted by Gasteiger charge is -2.08. The van der Waals surface area contributed by atoms with Gasteiger partial charge in [-0.25, -0.2) is 4.98 Å². The van der Waals surface area contributed by atoms with Gasteiger partial charge < -0.3 is 10.1 Å². The van der Waals surface area contributed by atoms with Crippen LogP contribution in [0.15, 0.2) is 18.5 Å². The monoisotopic (exact) mass is 275 g/mol. The van der Waals surface area contributed by atoms with Crippen LogP contribution in [0.5, 0.6) is 11.9 Å². The van der Waals surface area contributed by atoms with Crippen LogP contribution in [-0.2, 0) is 20.0 Å². The Morgan fingerprint density at radius 2 is 2.15 bits per heavy atom.